The molecule has 130 valence electrons. The number of aromatic amines is 1. The normalized spacial score (nSPS) is 16.6. The van der Waals surface area contributed by atoms with Crippen LogP contribution >= 0.6 is 0 Å². The first-order valence-electron chi connectivity index (χ1n) is 8.64. The van der Waals surface area contributed by atoms with Crippen LogP contribution in [0, 0.1) is 6.92 Å². The molecule has 1 saturated heterocycles. The lowest BCUT2D eigenvalue weighted by atomic mass is 9.96. The van der Waals surface area contributed by atoms with E-state index in [0.717, 1.165) is 57.3 Å². The SMILES string of the molecule is CCNC(=NCCn1cc(C)cn1)N1CCC(c2ncn[nH]2)CC1. The molecule has 1 fully saturated rings. The van der Waals surface area contributed by atoms with Gasteiger partial charge in [-0.15, -0.1) is 0 Å². The minimum absolute atomic E-state index is 0.471. The van der Waals surface area contributed by atoms with Crippen LogP contribution in [0.3, 0.4) is 0 Å². The Balaban J connectivity index is 1.54. The number of aryl methyl sites for hydroxylation is 1. The summed E-state index contributed by atoms with van der Waals surface area (Å²) in [6.45, 7) is 8.53. The molecule has 8 nitrogen and oxygen atoms in total. The predicted octanol–water partition coefficient (Wildman–Crippen LogP) is 1.15. The van der Waals surface area contributed by atoms with Gasteiger partial charge in [0, 0.05) is 31.7 Å². The van der Waals surface area contributed by atoms with E-state index in [1.165, 1.54) is 5.56 Å². The molecule has 2 N–H and O–H groups in total. The van der Waals surface area contributed by atoms with Crippen LogP contribution < -0.4 is 5.32 Å². The molecule has 1 aliphatic rings. The van der Waals surface area contributed by atoms with Crippen LogP contribution in [-0.2, 0) is 6.54 Å². The largest absolute Gasteiger partial charge is 0.357 e. The number of H-pyrrole nitrogens is 1. The minimum Gasteiger partial charge on any atom is -0.357 e. The minimum atomic E-state index is 0.471. The molecule has 0 aliphatic carbocycles. The van der Waals surface area contributed by atoms with Crippen molar-refractivity contribution in [2.24, 2.45) is 4.99 Å². The van der Waals surface area contributed by atoms with Gasteiger partial charge in [-0.3, -0.25) is 14.8 Å². The zero-order valence-corrected chi connectivity index (χ0v) is 14.4. The van der Waals surface area contributed by atoms with Crippen LogP contribution in [0.25, 0.3) is 0 Å². The fourth-order valence-electron chi connectivity index (χ4n) is 3.05. The fourth-order valence-corrected chi connectivity index (χ4v) is 3.05. The number of nitrogens with one attached hydrogen (secondary N) is 2. The van der Waals surface area contributed by atoms with Gasteiger partial charge in [0.1, 0.15) is 12.2 Å². The molecular weight excluding hydrogens is 304 g/mol. The third-order valence-electron chi connectivity index (χ3n) is 4.30. The van der Waals surface area contributed by atoms with Gasteiger partial charge in [-0.2, -0.15) is 10.2 Å². The van der Waals surface area contributed by atoms with Gasteiger partial charge in [0.05, 0.1) is 19.3 Å². The average Bonchev–Trinajstić information content (AvgIpc) is 3.26. The average molecular weight is 330 g/mol. The van der Waals surface area contributed by atoms with Crippen molar-refractivity contribution in [3.05, 3.63) is 30.1 Å². The highest BCUT2D eigenvalue weighted by atomic mass is 15.3. The monoisotopic (exact) mass is 330 g/mol. The van der Waals surface area contributed by atoms with Crippen molar-refractivity contribution >= 4 is 5.96 Å². The van der Waals surface area contributed by atoms with Crippen LogP contribution in [0.1, 0.15) is 37.1 Å². The third kappa shape index (κ3) is 4.12. The first-order valence-corrected chi connectivity index (χ1v) is 8.64. The maximum atomic E-state index is 4.76. The summed E-state index contributed by atoms with van der Waals surface area (Å²) < 4.78 is 1.94. The summed E-state index contributed by atoms with van der Waals surface area (Å²) in [5.74, 6) is 2.47. The van der Waals surface area contributed by atoms with Crippen molar-refractivity contribution in [2.45, 2.75) is 39.2 Å². The van der Waals surface area contributed by atoms with E-state index in [0.29, 0.717) is 5.92 Å². The smallest absolute Gasteiger partial charge is 0.193 e. The number of hydrogen-bond acceptors (Lipinski definition) is 4. The van der Waals surface area contributed by atoms with Gasteiger partial charge in [0.25, 0.3) is 0 Å². The second-order valence-corrected chi connectivity index (χ2v) is 6.15. The Hall–Kier alpha value is -2.38. The molecule has 3 heterocycles. The molecular formula is C16H26N8. The Labute approximate surface area is 142 Å². The maximum absolute atomic E-state index is 4.76. The molecule has 0 atom stereocenters. The maximum Gasteiger partial charge on any atom is 0.193 e. The highest BCUT2D eigenvalue weighted by Gasteiger charge is 2.24. The number of aromatic nitrogens is 5. The fraction of sp³-hybridized carbons (Fsp3) is 0.625. The summed E-state index contributed by atoms with van der Waals surface area (Å²) in [6, 6.07) is 0. The van der Waals surface area contributed by atoms with Gasteiger partial charge in [0.15, 0.2) is 5.96 Å². The summed E-state index contributed by atoms with van der Waals surface area (Å²) in [4.78, 5) is 11.4. The van der Waals surface area contributed by atoms with Gasteiger partial charge in [-0.05, 0) is 32.3 Å². The van der Waals surface area contributed by atoms with Gasteiger partial charge in [-0.1, -0.05) is 0 Å². The van der Waals surface area contributed by atoms with Crippen molar-refractivity contribution in [3.63, 3.8) is 0 Å². The number of hydrogen-bond donors (Lipinski definition) is 2. The molecule has 0 unspecified atom stereocenters. The Bertz CT molecular complexity index is 637. The van der Waals surface area contributed by atoms with Gasteiger partial charge >= 0.3 is 0 Å². The van der Waals surface area contributed by atoms with E-state index in [1.54, 1.807) is 6.33 Å². The standard InChI is InChI=1S/C16H26N8/c1-3-17-16(18-6-9-24-11-13(2)10-21-24)23-7-4-14(5-8-23)15-19-12-20-22-15/h10-12,14H,3-9H2,1-2H3,(H,17,18)(H,19,20,22). The Morgan fingerprint density at radius 2 is 2.25 bits per heavy atom. The van der Waals surface area contributed by atoms with Gasteiger partial charge in [0.2, 0.25) is 0 Å². The Morgan fingerprint density at radius 3 is 2.88 bits per heavy atom. The molecule has 3 rings (SSSR count). The third-order valence-corrected chi connectivity index (χ3v) is 4.30. The van der Waals surface area contributed by atoms with Crippen molar-refractivity contribution in [3.8, 4) is 0 Å². The number of aliphatic imine (C=N–C) groups is 1. The predicted molar refractivity (Wildman–Crippen MR) is 92.9 cm³/mol. The van der Waals surface area contributed by atoms with E-state index in [4.69, 9.17) is 4.99 Å². The zero-order chi connectivity index (χ0) is 16.8. The lowest BCUT2D eigenvalue weighted by molar-refractivity contribution is 0.298. The highest BCUT2D eigenvalue weighted by molar-refractivity contribution is 5.80. The van der Waals surface area contributed by atoms with E-state index >= 15 is 0 Å². The van der Waals surface area contributed by atoms with Crippen LogP contribution in [-0.4, -0.2) is 62.0 Å². The molecule has 0 aromatic carbocycles. The van der Waals surface area contributed by atoms with Crippen molar-refractivity contribution in [1.82, 2.24) is 35.2 Å². The Kier molecular flexibility index (Phi) is 5.45. The molecule has 2 aromatic heterocycles. The van der Waals surface area contributed by atoms with Gasteiger partial charge in [-0.25, -0.2) is 4.98 Å². The molecule has 8 heteroatoms. The lowest BCUT2D eigenvalue weighted by Crippen LogP contribution is -2.45. The number of rotatable bonds is 5. The number of piperidine rings is 1. The van der Waals surface area contributed by atoms with E-state index in [9.17, 15) is 0 Å². The first-order chi connectivity index (χ1) is 11.8. The molecule has 0 bridgehead atoms. The molecule has 24 heavy (non-hydrogen) atoms. The van der Waals surface area contributed by atoms with Crippen molar-refractivity contribution < 1.29 is 0 Å². The van der Waals surface area contributed by atoms with E-state index < -0.39 is 0 Å². The van der Waals surface area contributed by atoms with Crippen molar-refractivity contribution in [2.75, 3.05) is 26.2 Å². The number of nitrogens with zero attached hydrogens (tertiary/aromatic N) is 6. The Morgan fingerprint density at radius 1 is 1.42 bits per heavy atom. The quantitative estimate of drug-likeness (QED) is 0.634. The van der Waals surface area contributed by atoms with Crippen LogP contribution in [0.5, 0.6) is 0 Å². The number of guanidine groups is 1. The molecule has 0 radical (unpaired) electrons. The molecule has 1 aliphatic heterocycles. The summed E-state index contributed by atoms with van der Waals surface area (Å²) in [7, 11) is 0. The summed E-state index contributed by atoms with van der Waals surface area (Å²) in [5, 5.41) is 14.7. The number of likely N-dealkylation sites (tertiary alicyclic amines) is 1. The molecule has 0 saturated carbocycles. The summed E-state index contributed by atoms with van der Waals surface area (Å²) >= 11 is 0. The lowest BCUT2D eigenvalue weighted by Gasteiger charge is -2.33. The van der Waals surface area contributed by atoms with Crippen molar-refractivity contribution in [1.29, 1.82) is 0 Å². The molecule has 0 spiro atoms. The van der Waals surface area contributed by atoms with Gasteiger partial charge < -0.3 is 10.2 Å². The second kappa shape index (κ2) is 7.94. The van der Waals surface area contributed by atoms with E-state index in [-0.39, 0.29) is 0 Å². The molecule has 0 amide bonds. The summed E-state index contributed by atoms with van der Waals surface area (Å²) in [5.41, 5.74) is 1.18. The highest BCUT2D eigenvalue weighted by Crippen LogP contribution is 2.24. The zero-order valence-electron chi connectivity index (χ0n) is 14.4. The first kappa shape index (κ1) is 16.5. The van der Waals surface area contributed by atoms with E-state index in [2.05, 4.69) is 44.3 Å². The topological polar surface area (TPSA) is 87.0 Å². The van der Waals surface area contributed by atoms with Crippen LogP contribution in [0.4, 0.5) is 0 Å². The van der Waals surface area contributed by atoms with E-state index in [1.807, 2.05) is 17.1 Å². The van der Waals surface area contributed by atoms with Crippen LogP contribution in [0.2, 0.25) is 0 Å². The summed E-state index contributed by atoms with van der Waals surface area (Å²) in [6.07, 6.45) is 7.65. The van der Waals surface area contributed by atoms with Crippen LogP contribution in [0.15, 0.2) is 23.7 Å². The molecule has 2 aromatic rings. The second-order valence-electron chi connectivity index (χ2n) is 6.15.